The molecule has 0 spiro atoms. The third-order valence-corrected chi connectivity index (χ3v) is 4.19. The molecule has 2 aromatic carbocycles. The van der Waals surface area contributed by atoms with E-state index in [-0.39, 0.29) is 22.5 Å². The van der Waals surface area contributed by atoms with Gasteiger partial charge in [-0.2, -0.15) is 13.2 Å². The van der Waals surface area contributed by atoms with Gasteiger partial charge in [0.1, 0.15) is 11.0 Å². The molecule has 2 aromatic heterocycles. The maximum Gasteiger partial charge on any atom is 0.416 e. The Bertz CT molecular complexity index is 1170. The summed E-state index contributed by atoms with van der Waals surface area (Å²) in [6.45, 7) is 0. The van der Waals surface area contributed by atoms with Crippen LogP contribution in [0.25, 0.3) is 22.1 Å². The predicted octanol–water partition coefficient (Wildman–Crippen LogP) is 4.07. The number of methoxy groups -OCH3 is 1. The van der Waals surface area contributed by atoms with Crippen LogP contribution < -0.4 is 9.25 Å². The molecule has 0 atom stereocenters. The van der Waals surface area contributed by atoms with Crippen LogP contribution in [0.15, 0.2) is 48.5 Å². The van der Waals surface area contributed by atoms with E-state index in [1.807, 2.05) is 0 Å². The van der Waals surface area contributed by atoms with Gasteiger partial charge in [0.05, 0.1) is 18.1 Å². The Balaban J connectivity index is 1.99. The Morgan fingerprint density at radius 1 is 0.926 bits per heavy atom. The molecule has 0 saturated heterocycles. The van der Waals surface area contributed by atoms with Gasteiger partial charge in [0, 0.05) is 0 Å². The van der Waals surface area contributed by atoms with Crippen molar-refractivity contribution in [2.24, 2.45) is 0 Å². The molecule has 0 aliphatic carbocycles. The van der Waals surface area contributed by atoms with Crippen molar-refractivity contribution in [1.29, 1.82) is 0 Å². The van der Waals surface area contributed by atoms with E-state index >= 15 is 0 Å². The van der Waals surface area contributed by atoms with Gasteiger partial charge in [-0.3, -0.25) is 0 Å². The summed E-state index contributed by atoms with van der Waals surface area (Å²) < 4.78 is 74.3. The zero-order valence-corrected chi connectivity index (χ0v) is 13.8. The normalized spacial score (nSPS) is 12.1. The van der Waals surface area contributed by atoms with Crippen molar-refractivity contribution < 1.29 is 31.2 Å². The molecule has 0 radical (unpaired) electrons. The number of pyridine rings is 1. The lowest BCUT2D eigenvalue weighted by Gasteiger charge is -2.05. The number of benzene rings is 2. The average molecular weight is 380 g/mol. The fourth-order valence-electron chi connectivity index (χ4n) is 2.93. The van der Waals surface area contributed by atoms with Crippen LogP contribution in [-0.2, 0) is 6.18 Å². The molecule has 4 rings (SSSR count). The number of halogens is 5. The molecular formula is C18H11F5N3O+. The molecule has 0 saturated carbocycles. The highest BCUT2D eigenvalue weighted by Gasteiger charge is 2.31. The van der Waals surface area contributed by atoms with Crippen molar-refractivity contribution in [3.8, 4) is 11.6 Å². The Labute approximate surface area is 149 Å². The number of nitrogens with zero attached hydrogens (tertiary/aromatic N) is 3. The van der Waals surface area contributed by atoms with E-state index in [1.54, 1.807) is 0 Å². The first-order chi connectivity index (χ1) is 12.8. The number of alkyl halides is 3. The minimum Gasteiger partial charge on any atom is -0.461 e. The number of hydrogen-bond donors (Lipinski definition) is 0. The quantitative estimate of drug-likeness (QED) is 0.388. The monoisotopic (exact) mass is 380 g/mol. The van der Waals surface area contributed by atoms with Crippen molar-refractivity contribution in [3.63, 3.8) is 0 Å². The summed E-state index contributed by atoms with van der Waals surface area (Å²) in [7, 11) is 1.35. The van der Waals surface area contributed by atoms with Crippen molar-refractivity contribution >= 4 is 16.4 Å². The highest BCUT2D eigenvalue weighted by Crippen LogP contribution is 2.31. The number of rotatable bonds is 2. The fourth-order valence-corrected chi connectivity index (χ4v) is 2.93. The van der Waals surface area contributed by atoms with Crippen LogP contribution in [0.5, 0.6) is 5.88 Å². The van der Waals surface area contributed by atoms with E-state index in [0.29, 0.717) is 5.52 Å². The molecule has 0 aliphatic heterocycles. The molecule has 0 N–H and O–H groups in total. The van der Waals surface area contributed by atoms with Gasteiger partial charge in [-0.1, -0.05) is 9.20 Å². The van der Waals surface area contributed by atoms with Crippen LogP contribution >= 0.6 is 0 Å². The Morgan fingerprint density at radius 3 is 2.22 bits per heavy atom. The zero-order chi connectivity index (χ0) is 19.3. The highest BCUT2D eigenvalue weighted by molar-refractivity contribution is 5.79. The second-order valence-corrected chi connectivity index (χ2v) is 5.78. The molecule has 4 nitrogen and oxygen atoms in total. The molecule has 138 valence electrons. The Morgan fingerprint density at radius 2 is 1.59 bits per heavy atom. The van der Waals surface area contributed by atoms with Crippen LogP contribution in [0, 0.1) is 11.6 Å². The molecule has 0 unspecified atom stereocenters. The van der Waals surface area contributed by atoms with Crippen molar-refractivity contribution in [2.75, 3.05) is 7.11 Å². The maximum absolute atomic E-state index is 14.3. The molecule has 4 aromatic rings. The third kappa shape index (κ3) is 2.66. The summed E-state index contributed by atoms with van der Waals surface area (Å²) in [6.07, 6.45) is -4.47. The van der Waals surface area contributed by atoms with Gasteiger partial charge in [0.25, 0.3) is 0 Å². The van der Waals surface area contributed by atoms with Gasteiger partial charge in [-0.05, 0) is 48.5 Å². The second-order valence-electron chi connectivity index (χ2n) is 5.78. The number of fused-ring (bicyclic) bond motifs is 3. The largest absolute Gasteiger partial charge is 0.461 e. The third-order valence-electron chi connectivity index (χ3n) is 4.19. The zero-order valence-electron chi connectivity index (χ0n) is 13.8. The van der Waals surface area contributed by atoms with Crippen molar-refractivity contribution in [3.05, 3.63) is 65.7 Å². The lowest BCUT2D eigenvalue weighted by molar-refractivity contribution is -0.556. The van der Waals surface area contributed by atoms with Crippen LogP contribution in [0.2, 0.25) is 0 Å². The summed E-state index contributed by atoms with van der Waals surface area (Å²) in [5.74, 6) is -1.15. The number of ether oxygens (including phenoxy) is 1. The van der Waals surface area contributed by atoms with Crippen LogP contribution in [0.1, 0.15) is 5.56 Å². The minimum atomic E-state index is -4.47. The van der Waals surface area contributed by atoms with E-state index in [9.17, 15) is 22.0 Å². The van der Waals surface area contributed by atoms with Gasteiger partial charge in [0.15, 0.2) is 11.5 Å². The minimum absolute atomic E-state index is 0.0206. The van der Waals surface area contributed by atoms with Crippen molar-refractivity contribution in [2.45, 2.75) is 6.18 Å². The first kappa shape index (κ1) is 17.2. The van der Waals surface area contributed by atoms with E-state index in [2.05, 4.69) is 5.21 Å². The number of hydrogen-bond acceptors (Lipinski definition) is 2. The molecular weight excluding hydrogens is 369 g/mol. The van der Waals surface area contributed by atoms with E-state index in [0.717, 1.165) is 28.8 Å². The predicted molar refractivity (Wildman–Crippen MR) is 85.7 cm³/mol. The Hall–Kier alpha value is -3.23. The van der Waals surface area contributed by atoms with Crippen LogP contribution in [0.3, 0.4) is 0 Å². The van der Waals surface area contributed by atoms with E-state index in [4.69, 9.17) is 4.74 Å². The SMILES string of the molecule is COc1c2ccc3c(F)ccc(F)c3[n+]2nn1-c1ccc(C(F)(F)F)cc1. The Kier molecular flexibility index (Phi) is 3.76. The maximum atomic E-state index is 14.3. The molecule has 2 heterocycles. The lowest BCUT2D eigenvalue weighted by Crippen LogP contribution is -2.27. The van der Waals surface area contributed by atoms with E-state index in [1.165, 1.54) is 36.1 Å². The highest BCUT2D eigenvalue weighted by atomic mass is 19.4. The first-order valence-corrected chi connectivity index (χ1v) is 7.74. The molecule has 0 aliphatic rings. The smallest absolute Gasteiger partial charge is 0.416 e. The lowest BCUT2D eigenvalue weighted by atomic mass is 10.2. The summed E-state index contributed by atoms with van der Waals surface area (Å²) in [5.41, 5.74) is -0.312. The summed E-state index contributed by atoms with van der Waals surface area (Å²) >= 11 is 0. The fraction of sp³-hybridized carbons (Fsp3) is 0.111. The average Bonchev–Trinajstić information content (AvgIpc) is 3.02. The van der Waals surface area contributed by atoms with Gasteiger partial charge >= 0.3 is 12.1 Å². The van der Waals surface area contributed by atoms with E-state index < -0.39 is 23.4 Å². The summed E-state index contributed by atoms with van der Waals surface area (Å²) in [5, 5.41) is 4.22. The van der Waals surface area contributed by atoms with Gasteiger partial charge in [-0.25, -0.2) is 8.78 Å². The van der Waals surface area contributed by atoms with Gasteiger partial charge in [-0.15, -0.1) is 0 Å². The number of aromatic nitrogens is 3. The molecule has 9 heteroatoms. The molecule has 0 amide bonds. The summed E-state index contributed by atoms with van der Waals surface area (Å²) in [4.78, 5) is 0. The first-order valence-electron chi connectivity index (χ1n) is 7.74. The summed E-state index contributed by atoms with van der Waals surface area (Å²) in [6, 6.07) is 9.13. The second kappa shape index (κ2) is 5.90. The van der Waals surface area contributed by atoms with Gasteiger partial charge in [0.2, 0.25) is 11.0 Å². The molecule has 0 fully saturated rings. The van der Waals surface area contributed by atoms with Crippen molar-refractivity contribution in [1.82, 2.24) is 9.90 Å². The standard InChI is InChI=1S/C18H11F5N3O/c1-27-17-15-9-6-12-13(19)7-8-14(20)16(12)26(15)24-25(17)11-4-2-10(3-5-11)18(21,22)23/h2-9H,1H3/q+1. The van der Waals surface area contributed by atoms with Gasteiger partial charge < -0.3 is 4.74 Å². The molecule has 27 heavy (non-hydrogen) atoms. The molecule has 0 bridgehead atoms. The van der Waals surface area contributed by atoms with Crippen LogP contribution in [-0.4, -0.2) is 17.0 Å². The van der Waals surface area contributed by atoms with Crippen LogP contribution in [0.4, 0.5) is 22.0 Å². The topological polar surface area (TPSA) is 31.1 Å².